The molecule has 0 N–H and O–H groups in total. The number of hydrogen-bond donors (Lipinski definition) is 0. The van der Waals surface area contributed by atoms with Crippen molar-refractivity contribution < 1.29 is 0 Å². The van der Waals surface area contributed by atoms with Crippen molar-refractivity contribution >= 4 is 23.5 Å². The molecular formula is C11H14ClNS. The number of rotatable bonds is 3. The van der Waals surface area contributed by atoms with Crippen LogP contribution >= 0.6 is 23.5 Å². The van der Waals surface area contributed by atoms with Crippen molar-refractivity contribution in [2.75, 3.05) is 19.0 Å². The number of benzene rings is 1. The second-order valence-electron chi connectivity index (χ2n) is 3.42. The Morgan fingerprint density at radius 1 is 1.36 bits per heavy atom. The van der Waals surface area contributed by atoms with Crippen LogP contribution in [0.15, 0.2) is 29.2 Å². The molecule has 0 spiro atoms. The zero-order valence-electron chi connectivity index (χ0n) is 8.08. The van der Waals surface area contributed by atoms with Crippen molar-refractivity contribution in [2.24, 2.45) is 0 Å². The summed E-state index contributed by atoms with van der Waals surface area (Å²) in [5.41, 5.74) is 1.49. The van der Waals surface area contributed by atoms with Crippen LogP contribution in [-0.2, 0) is 6.42 Å². The van der Waals surface area contributed by atoms with E-state index in [4.69, 9.17) is 11.6 Å². The fourth-order valence-corrected chi connectivity index (χ4v) is 2.85. The summed E-state index contributed by atoms with van der Waals surface area (Å²) in [7, 11) is 0. The molecule has 0 saturated heterocycles. The van der Waals surface area contributed by atoms with Crippen LogP contribution in [0.25, 0.3) is 0 Å². The number of halogens is 1. The molecule has 1 heterocycles. The first kappa shape index (κ1) is 10.3. The second kappa shape index (κ2) is 5.06. The van der Waals surface area contributed by atoms with Gasteiger partial charge in [0.05, 0.1) is 0 Å². The van der Waals surface area contributed by atoms with Gasteiger partial charge in [0, 0.05) is 23.9 Å². The first-order valence-electron chi connectivity index (χ1n) is 4.97. The molecular weight excluding hydrogens is 214 g/mol. The van der Waals surface area contributed by atoms with Gasteiger partial charge in [0.1, 0.15) is 0 Å². The Morgan fingerprint density at radius 2 is 2.21 bits per heavy atom. The van der Waals surface area contributed by atoms with Gasteiger partial charge < -0.3 is 0 Å². The molecule has 0 atom stereocenters. The summed E-state index contributed by atoms with van der Waals surface area (Å²) in [4.78, 5) is 1.41. The minimum absolute atomic E-state index is 0.763. The Hall–Kier alpha value is -0.180. The summed E-state index contributed by atoms with van der Waals surface area (Å²) in [6.07, 6.45) is 2.25. The van der Waals surface area contributed by atoms with E-state index in [9.17, 15) is 0 Å². The molecule has 0 unspecified atom stereocenters. The molecule has 1 aliphatic heterocycles. The third-order valence-electron chi connectivity index (χ3n) is 2.37. The van der Waals surface area contributed by atoms with E-state index in [-0.39, 0.29) is 0 Å². The second-order valence-corrected chi connectivity index (χ2v) is 4.94. The highest BCUT2D eigenvalue weighted by Crippen LogP contribution is 2.31. The maximum absolute atomic E-state index is 5.69. The highest BCUT2D eigenvalue weighted by Gasteiger charge is 2.15. The topological polar surface area (TPSA) is 3.24 Å². The third kappa shape index (κ3) is 2.44. The molecule has 14 heavy (non-hydrogen) atoms. The van der Waals surface area contributed by atoms with Crippen molar-refractivity contribution in [3.8, 4) is 0 Å². The maximum Gasteiger partial charge on any atom is 0.0262 e. The van der Waals surface area contributed by atoms with Gasteiger partial charge in [-0.3, -0.25) is 0 Å². The third-order valence-corrected chi connectivity index (χ3v) is 3.86. The molecule has 1 nitrogen and oxygen atoms in total. The lowest BCUT2D eigenvalue weighted by Gasteiger charge is -2.26. The molecule has 0 radical (unpaired) electrons. The summed E-state index contributed by atoms with van der Waals surface area (Å²) >= 11 is 7.56. The lowest BCUT2D eigenvalue weighted by atomic mass is 10.1. The molecule has 1 aliphatic rings. The summed E-state index contributed by atoms with van der Waals surface area (Å²) in [6, 6.07) is 8.65. The average Bonchev–Trinajstić information content (AvgIpc) is 2.26. The molecule has 1 aromatic carbocycles. The predicted molar refractivity (Wildman–Crippen MR) is 62.9 cm³/mol. The Labute approximate surface area is 94.6 Å². The number of fused-ring (bicyclic) bond motifs is 1. The normalized spacial score (nSPS) is 16.6. The minimum Gasteiger partial charge on any atom is -0.246 e. The molecule has 0 aromatic heterocycles. The molecule has 3 heteroatoms. The van der Waals surface area contributed by atoms with Crippen LogP contribution in [0.3, 0.4) is 0 Å². The summed E-state index contributed by atoms with van der Waals surface area (Å²) in [5.74, 6) is 0.763. The van der Waals surface area contributed by atoms with Crippen molar-refractivity contribution in [2.45, 2.75) is 17.7 Å². The van der Waals surface area contributed by atoms with Gasteiger partial charge in [-0.1, -0.05) is 18.2 Å². The Morgan fingerprint density at radius 3 is 3.07 bits per heavy atom. The molecule has 76 valence electrons. The highest BCUT2D eigenvalue weighted by molar-refractivity contribution is 7.97. The van der Waals surface area contributed by atoms with Gasteiger partial charge >= 0.3 is 0 Å². The molecule has 0 saturated carbocycles. The van der Waals surface area contributed by atoms with Crippen LogP contribution in [-0.4, -0.2) is 23.3 Å². The van der Waals surface area contributed by atoms with Crippen molar-refractivity contribution in [3.05, 3.63) is 29.8 Å². The van der Waals surface area contributed by atoms with Gasteiger partial charge in [-0.2, -0.15) is 0 Å². The van der Waals surface area contributed by atoms with Gasteiger partial charge in [-0.05, 0) is 36.4 Å². The Bertz CT molecular complexity index is 303. The quantitative estimate of drug-likeness (QED) is 0.577. The number of alkyl halides is 1. The molecule has 1 aromatic rings. The van der Waals surface area contributed by atoms with Crippen LogP contribution < -0.4 is 0 Å². The SMILES string of the molecule is ClCCCN1CCc2ccccc2S1. The fraction of sp³-hybridized carbons (Fsp3) is 0.455. The summed E-state index contributed by atoms with van der Waals surface area (Å²) < 4.78 is 2.41. The van der Waals surface area contributed by atoms with E-state index >= 15 is 0 Å². The molecule has 0 bridgehead atoms. The Balaban J connectivity index is 1.99. The summed E-state index contributed by atoms with van der Waals surface area (Å²) in [5, 5.41) is 0. The van der Waals surface area contributed by atoms with E-state index < -0.39 is 0 Å². The van der Waals surface area contributed by atoms with Crippen LogP contribution in [0.1, 0.15) is 12.0 Å². The zero-order valence-corrected chi connectivity index (χ0v) is 9.65. The van der Waals surface area contributed by atoms with E-state index in [1.165, 1.54) is 16.9 Å². The zero-order chi connectivity index (χ0) is 9.80. The molecule has 2 rings (SSSR count). The van der Waals surface area contributed by atoms with E-state index in [1.54, 1.807) is 0 Å². The number of hydrogen-bond acceptors (Lipinski definition) is 2. The van der Waals surface area contributed by atoms with E-state index in [0.717, 1.165) is 25.4 Å². The van der Waals surface area contributed by atoms with E-state index in [2.05, 4.69) is 28.6 Å². The monoisotopic (exact) mass is 227 g/mol. The number of nitrogens with zero attached hydrogens (tertiary/aromatic N) is 1. The first-order valence-corrected chi connectivity index (χ1v) is 6.28. The van der Waals surface area contributed by atoms with Crippen LogP contribution in [0.4, 0.5) is 0 Å². The van der Waals surface area contributed by atoms with E-state index in [0.29, 0.717) is 0 Å². The van der Waals surface area contributed by atoms with Gasteiger partial charge in [0.25, 0.3) is 0 Å². The van der Waals surface area contributed by atoms with Crippen molar-refractivity contribution in [1.29, 1.82) is 0 Å². The van der Waals surface area contributed by atoms with Gasteiger partial charge in [0.15, 0.2) is 0 Å². The van der Waals surface area contributed by atoms with Crippen LogP contribution in [0.2, 0.25) is 0 Å². The van der Waals surface area contributed by atoms with Gasteiger partial charge in [-0.25, -0.2) is 4.31 Å². The lowest BCUT2D eigenvalue weighted by molar-refractivity contribution is 0.463. The largest absolute Gasteiger partial charge is 0.246 e. The van der Waals surface area contributed by atoms with Gasteiger partial charge in [0.2, 0.25) is 0 Å². The predicted octanol–water partition coefficient (Wildman–Crippen LogP) is 3.18. The standard InChI is InChI=1S/C11H14ClNS/c12-7-3-8-13-9-6-10-4-1-2-5-11(10)14-13/h1-2,4-5H,3,6-9H2. The smallest absolute Gasteiger partial charge is 0.0262 e. The molecule has 0 aliphatic carbocycles. The summed E-state index contributed by atoms with van der Waals surface area (Å²) in [6.45, 7) is 2.25. The molecule has 0 fully saturated rings. The van der Waals surface area contributed by atoms with Crippen molar-refractivity contribution in [3.63, 3.8) is 0 Å². The van der Waals surface area contributed by atoms with Crippen LogP contribution in [0.5, 0.6) is 0 Å². The maximum atomic E-state index is 5.69. The Kier molecular flexibility index (Phi) is 3.74. The lowest BCUT2D eigenvalue weighted by Crippen LogP contribution is -2.24. The molecule has 0 amide bonds. The fourth-order valence-electron chi connectivity index (χ4n) is 1.62. The van der Waals surface area contributed by atoms with E-state index in [1.807, 2.05) is 11.9 Å². The van der Waals surface area contributed by atoms with Crippen LogP contribution in [0, 0.1) is 0 Å². The van der Waals surface area contributed by atoms with Gasteiger partial charge in [-0.15, -0.1) is 11.6 Å². The average molecular weight is 228 g/mol. The van der Waals surface area contributed by atoms with Crippen molar-refractivity contribution in [1.82, 2.24) is 4.31 Å². The highest BCUT2D eigenvalue weighted by atomic mass is 35.5. The minimum atomic E-state index is 0.763. The first-order chi connectivity index (χ1) is 6.90.